The van der Waals surface area contributed by atoms with Crippen molar-refractivity contribution < 1.29 is 9.53 Å². The third-order valence-corrected chi connectivity index (χ3v) is 4.58. The summed E-state index contributed by atoms with van der Waals surface area (Å²) in [6, 6.07) is 5.66. The second-order valence-electron chi connectivity index (χ2n) is 5.80. The van der Waals surface area contributed by atoms with E-state index in [9.17, 15) is 4.79 Å². The highest BCUT2D eigenvalue weighted by atomic mass is 79.9. The lowest BCUT2D eigenvalue weighted by molar-refractivity contribution is -0.117. The number of alkyl halides is 1. The first-order chi connectivity index (χ1) is 9.32. The number of amides is 1. The van der Waals surface area contributed by atoms with Crippen molar-refractivity contribution in [3.8, 4) is 0 Å². The first-order valence-corrected chi connectivity index (χ1v) is 7.94. The van der Waals surface area contributed by atoms with E-state index in [0.29, 0.717) is 24.5 Å². The van der Waals surface area contributed by atoms with Gasteiger partial charge in [0.05, 0.1) is 17.6 Å². The Morgan fingerprint density at radius 2 is 2.25 bits per heavy atom. The molecule has 0 radical (unpaired) electrons. The number of morpholine rings is 1. The predicted octanol–water partition coefficient (Wildman–Crippen LogP) is 3.62. The number of nitrogens with zero attached hydrogens (tertiary/aromatic N) is 1. The van der Waals surface area contributed by atoms with E-state index < -0.39 is 0 Å². The Balaban J connectivity index is 2.21. The lowest BCUT2D eigenvalue weighted by Gasteiger charge is -2.42. The zero-order chi connectivity index (χ0) is 14.9. The Hall–Kier alpha value is -0.580. The largest absolute Gasteiger partial charge is 0.367 e. The molecule has 0 N–H and O–H groups in total. The molecule has 3 nitrogen and oxygen atoms in total. The third kappa shape index (κ3) is 3.54. The van der Waals surface area contributed by atoms with Crippen LogP contribution in [0.2, 0.25) is 0 Å². The van der Waals surface area contributed by atoms with E-state index in [4.69, 9.17) is 16.3 Å². The topological polar surface area (TPSA) is 29.5 Å². The van der Waals surface area contributed by atoms with E-state index in [1.54, 1.807) is 0 Å². The quantitative estimate of drug-likeness (QED) is 0.754. The number of ether oxygens (including phenoxy) is 1. The fourth-order valence-corrected chi connectivity index (χ4v) is 2.90. The molecule has 110 valence electrons. The van der Waals surface area contributed by atoms with Crippen molar-refractivity contribution in [3.63, 3.8) is 0 Å². The molecule has 20 heavy (non-hydrogen) atoms. The summed E-state index contributed by atoms with van der Waals surface area (Å²) in [7, 11) is 0. The maximum Gasteiger partial charge on any atom is 0.254 e. The molecule has 1 heterocycles. The number of carbonyl (C=O) groups is 1. The number of carbonyl (C=O) groups excluding carboxylic acids is 1. The molecule has 1 atom stereocenters. The van der Waals surface area contributed by atoms with Gasteiger partial charge in [-0.1, -0.05) is 15.9 Å². The van der Waals surface area contributed by atoms with Crippen LogP contribution < -0.4 is 0 Å². The molecule has 0 spiro atoms. The first-order valence-electron chi connectivity index (χ1n) is 6.61. The zero-order valence-corrected chi connectivity index (χ0v) is 14.3. The second-order valence-corrected chi connectivity index (χ2v) is 6.97. The van der Waals surface area contributed by atoms with Crippen LogP contribution in [0.4, 0.5) is 0 Å². The van der Waals surface area contributed by atoms with Crippen LogP contribution in [0.5, 0.6) is 0 Å². The highest BCUT2D eigenvalue weighted by Gasteiger charge is 2.35. The molecule has 2 rings (SSSR count). The standard InChI is InChI=1S/C15H19BrClNO2/c1-10-6-11(4-5-13(10)16)14(19)18-8-12(7-17)20-15(2,3)9-18/h4-6,12H,7-9H2,1-3H3. The van der Waals surface area contributed by atoms with Gasteiger partial charge in [-0.15, -0.1) is 11.6 Å². The van der Waals surface area contributed by atoms with Crippen LogP contribution in [0, 0.1) is 6.92 Å². The summed E-state index contributed by atoms with van der Waals surface area (Å²) in [6.45, 7) is 7.07. The molecule has 1 aliphatic heterocycles. The molecule has 0 aromatic heterocycles. The second kappa shape index (κ2) is 6.04. The van der Waals surface area contributed by atoms with E-state index in [2.05, 4.69) is 15.9 Å². The van der Waals surface area contributed by atoms with Gasteiger partial charge in [0, 0.05) is 23.1 Å². The highest BCUT2D eigenvalue weighted by molar-refractivity contribution is 9.10. The van der Waals surface area contributed by atoms with Gasteiger partial charge in [-0.25, -0.2) is 0 Å². The molecule has 1 fully saturated rings. The average molecular weight is 361 g/mol. The van der Waals surface area contributed by atoms with E-state index in [0.717, 1.165) is 10.0 Å². The van der Waals surface area contributed by atoms with Crippen LogP contribution in [-0.4, -0.2) is 41.5 Å². The number of aryl methyl sites for hydroxylation is 1. The molecular weight excluding hydrogens is 342 g/mol. The SMILES string of the molecule is Cc1cc(C(=O)N2CC(CCl)OC(C)(C)C2)ccc1Br. The Labute approximate surface area is 133 Å². The molecule has 0 aliphatic carbocycles. The molecule has 5 heteroatoms. The molecule has 1 aliphatic rings. The molecule has 1 saturated heterocycles. The number of halogens is 2. The van der Waals surface area contributed by atoms with Crippen molar-refractivity contribution in [1.29, 1.82) is 0 Å². The van der Waals surface area contributed by atoms with Gasteiger partial charge < -0.3 is 9.64 Å². The number of hydrogen-bond donors (Lipinski definition) is 0. The van der Waals surface area contributed by atoms with Crippen LogP contribution in [0.3, 0.4) is 0 Å². The molecule has 1 amide bonds. The van der Waals surface area contributed by atoms with Gasteiger partial charge >= 0.3 is 0 Å². The van der Waals surface area contributed by atoms with Crippen molar-refractivity contribution in [2.75, 3.05) is 19.0 Å². The normalized spacial score (nSPS) is 21.9. The molecular formula is C15H19BrClNO2. The Bertz CT molecular complexity index is 519. The summed E-state index contributed by atoms with van der Waals surface area (Å²) in [4.78, 5) is 14.5. The molecule has 1 aromatic carbocycles. The number of rotatable bonds is 2. The van der Waals surface area contributed by atoms with Crippen molar-refractivity contribution in [3.05, 3.63) is 33.8 Å². The number of hydrogen-bond acceptors (Lipinski definition) is 2. The summed E-state index contributed by atoms with van der Waals surface area (Å²) in [5.74, 6) is 0.430. The molecule has 1 aromatic rings. The molecule has 0 saturated carbocycles. The van der Waals surface area contributed by atoms with E-state index in [1.807, 2.05) is 43.9 Å². The van der Waals surface area contributed by atoms with E-state index in [-0.39, 0.29) is 17.6 Å². The van der Waals surface area contributed by atoms with E-state index >= 15 is 0 Å². The monoisotopic (exact) mass is 359 g/mol. The zero-order valence-electron chi connectivity index (χ0n) is 12.0. The van der Waals surface area contributed by atoms with Gasteiger partial charge in [0.2, 0.25) is 0 Å². The minimum absolute atomic E-state index is 0.0343. The Morgan fingerprint density at radius 1 is 1.55 bits per heavy atom. The van der Waals surface area contributed by atoms with Gasteiger partial charge in [0.15, 0.2) is 0 Å². The summed E-state index contributed by atoms with van der Waals surface area (Å²) in [5, 5.41) is 0. The van der Waals surface area contributed by atoms with Crippen LogP contribution in [0.25, 0.3) is 0 Å². The smallest absolute Gasteiger partial charge is 0.254 e. The summed E-state index contributed by atoms with van der Waals surface area (Å²) in [6.07, 6.45) is -0.110. The number of benzene rings is 1. The lowest BCUT2D eigenvalue weighted by atomic mass is 10.0. The van der Waals surface area contributed by atoms with Gasteiger partial charge in [-0.2, -0.15) is 0 Å². The fourth-order valence-electron chi connectivity index (χ4n) is 2.49. The van der Waals surface area contributed by atoms with Crippen LogP contribution in [0.1, 0.15) is 29.8 Å². The van der Waals surface area contributed by atoms with E-state index in [1.165, 1.54) is 0 Å². The van der Waals surface area contributed by atoms with Crippen molar-refractivity contribution in [1.82, 2.24) is 4.90 Å². The van der Waals surface area contributed by atoms with Gasteiger partial charge in [0.25, 0.3) is 5.91 Å². The molecule has 1 unspecified atom stereocenters. The fraction of sp³-hybridized carbons (Fsp3) is 0.533. The lowest BCUT2D eigenvalue weighted by Crippen LogP contribution is -2.55. The Kier molecular flexibility index (Phi) is 4.77. The van der Waals surface area contributed by atoms with Crippen molar-refractivity contribution >= 4 is 33.4 Å². The minimum Gasteiger partial charge on any atom is -0.367 e. The van der Waals surface area contributed by atoms with Crippen LogP contribution in [0.15, 0.2) is 22.7 Å². The Morgan fingerprint density at radius 3 is 2.85 bits per heavy atom. The first kappa shape index (κ1) is 15.8. The van der Waals surface area contributed by atoms with Crippen LogP contribution in [-0.2, 0) is 4.74 Å². The third-order valence-electron chi connectivity index (χ3n) is 3.35. The summed E-state index contributed by atoms with van der Waals surface area (Å²) >= 11 is 9.35. The predicted molar refractivity (Wildman–Crippen MR) is 84.5 cm³/mol. The van der Waals surface area contributed by atoms with Crippen molar-refractivity contribution in [2.24, 2.45) is 0 Å². The molecule has 0 bridgehead atoms. The van der Waals surface area contributed by atoms with Gasteiger partial charge in [0.1, 0.15) is 0 Å². The maximum atomic E-state index is 12.6. The minimum atomic E-state index is -0.363. The summed E-state index contributed by atoms with van der Waals surface area (Å²) < 4.78 is 6.86. The summed E-state index contributed by atoms with van der Waals surface area (Å²) in [5.41, 5.74) is 1.40. The maximum absolute atomic E-state index is 12.6. The van der Waals surface area contributed by atoms with Crippen molar-refractivity contribution in [2.45, 2.75) is 32.5 Å². The van der Waals surface area contributed by atoms with Gasteiger partial charge in [-0.05, 0) is 44.5 Å². The highest BCUT2D eigenvalue weighted by Crippen LogP contribution is 2.24. The van der Waals surface area contributed by atoms with Gasteiger partial charge in [-0.3, -0.25) is 4.79 Å². The van der Waals surface area contributed by atoms with Crippen LogP contribution >= 0.6 is 27.5 Å². The average Bonchev–Trinajstić information content (AvgIpc) is 2.39.